The van der Waals surface area contributed by atoms with Crippen molar-refractivity contribution in [1.82, 2.24) is 5.32 Å². The lowest BCUT2D eigenvalue weighted by Crippen LogP contribution is -2.54. The highest BCUT2D eigenvalue weighted by atomic mass is 35.5. The van der Waals surface area contributed by atoms with Gasteiger partial charge >= 0.3 is 12.0 Å². The fourth-order valence-corrected chi connectivity index (χ4v) is 3.74. The van der Waals surface area contributed by atoms with Gasteiger partial charge in [0.15, 0.2) is 0 Å². The molecule has 9 heteroatoms. The van der Waals surface area contributed by atoms with Crippen LogP contribution in [0.4, 0.5) is 10.5 Å². The third kappa shape index (κ3) is 3.92. The summed E-state index contributed by atoms with van der Waals surface area (Å²) in [5.41, 5.74) is 1.67. The van der Waals surface area contributed by atoms with Crippen LogP contribution in [0.2, 0.25) is 5.02 Å². The van der Waals surface area contributed by atoms with Crippen LogP contribution < -0.4 is 10.2 Å². The van der Waals surface area contributed by atoms with Crippen molar-refractivity contribution in [2.24, 2.45) is 0 Å². The summed E-state index contributed by atoms with van der Waals surface area (Å²) in [6.07, 6.45) is 1.23. The fraction of sp³-hybridized carbons (Fsp3) is 0.0833. The minimum absolute atomic E-state index is 0.136. The SMILES string of the molecule is Cc1c(C(=O)O)cccc1-c1ccc(/C=C2\C(=O)NC(=O)N(c3cccc(Cl)c3C)C2=O)o1. The summed E-state index contributed by atoms with van der Waals surface area (Å²) in [4.78, 5) is 50.2. The molecule has 33 heavy (non-hydrogen) atoms. The van der Waals surface area contributed by atoms with Gasteiger partial charge in [-0.3, -0.25) is 14.9 Å². The molecule has 0 radical (unpaired) electrons. The van der Waals surface area contributed by atoms with Crippen molar-refractivity contribution in [3.8, 4) is 11.3 Å². The van der Waals surface area contributed by atoms with E-state index in [-0.39, 0.29) is 22.6 Å². The summed E-state index contributed by atoms with van der Waals surface area (Å²) in [6, 6.07) is 11.8. The second-order valence-electron chi connectivity index (χ2n) is 7.33. The van der Waals surface area contributed by atoms with Crippen molar-refractivity contribution < 1.29 is 28.7 Å². The van der Waals surface area contributed by atoms with E-state index < -0.39 is 23.8 Å². The van der Waals surface area contributed by atoms with Crippen LogP contribution in [0, 0.1) is 13.8 Å². The van der Waals surface area contributed by atoms with Gasteiger partial charge in [-0.05, 0) is 61.4 Å². The smallest absolute Gasteiger partial charge is 0.335 e. The number of rotatable bonds is 4. The Morgan fingerprint density at radius 2 is 1.76 bits per heavy atom. The molecule has 0 aliphatic carbocycles. The van der Waals surface area contributed by atoms with E-state index in [9.17, 15) is 24.3 Å². The number of urea groups is 1. The number of amides is 4. The maximum atomic E-state index is 13.1. The Balaban J connectivity index is 1.72. The highest BCUT2D eigenvalue weighted by Crippen LogP contribution is 2.31. The van der Waals surface area contributed by atoms with E-state index >= 15 is 0 Å². The first-order valence-corrected chi connectivity index (χ1v) is 10.2. The monoisotopic (exact) mass is 464 g/mol. The highest BCUT2D eigenvalue weighted by Gasteiger charge is 2.37. The zero-order chi connectivity index (χ0) is 23.9. The van der Waals surface area contributed by atoms with E-state index in [4.69, 9.17) is 16.0 Å². The number of carbonyl (C=O) groups is 4. The van der Waals surface area contributed by atoms with Gasteiger partial charge in [0, 0.05) is 10.6 Å². The number of carboxylic acid groups (broad SMARTS) is 1. The number of anilines is 1. The van der Waals surface area contributed by atoms with E-state index in [1.54, 1.807) is 56.3 Å². The minimum Gasteiger partial charge on any atom is -0.478 e. The number of carbonyl (C=O) groups excluding carboxylic acids is 3. The van der Waals surface area contributed by atoms with Gasteiger partial charge in [-0.1, -0.05) is 29.8 Å². The lowest BCUT2D eigenvalue weighted by molar-refractivity contribution is -0.122. The molecule has 0 bridgehead atoms. The molecule has 0 spiro atoms. The Morgan fingerprint density at radius 1 is 1.03 bits per heavy atom. The predicted molar refractivity (Wildman–Crippen MR) is 121 cm³/mol. The molecule has 1 fully saturated rings. The van der Waals surface area contributed by atoms with Gasteiger partial charge in [0.25, 0.3) is 11.8 Å². The van der Waals surface area contributed by atoms with Crippen LogP contribution in [0.5, 0.6) is 0 Å². The van der Waals surface area contributed by atoms with Crippen LogP contribution >= 0.6 is 11.6 Å². The second-order valence-corrected chi connectivity index (χ2v) is 7.73. The van der Waals surface area contributed by atoms with Crippen molar-refractivity contribution in [3.05, 3.63) is 81.6 Å². The van der Waals surface area contributed by atoms with Crippen LogP contribution in [0.3, 0.4) is 0 Å². The standard InChI is InChI=1S/C24H17ClN2O6/c1-12-15(5-3-6-16(12)23(30)31)20-10-9-14(33-20)11-17-21(28)26-24(32)27(22(17)29)19-8-4-7-18(25)13(19)2/h3-11H,1-2H3,(H,30,31)(H,26,28,32)/b17-11+. The number of halogens is 1. The van der Waals surface area contributed by atoms with Gasteiger partial charge in [0.1, 0.15) is 17.1 Å². The molecule has 1 saturated heterocycles. The molecule has 0 saturated carbocycles. The molecule has 2 heterocycles. The summed E-state index contributed by atoms with van der Waals surface area (Å²) >= 11 is 6.12. The van der Waals surface area contributed by atoms with Crippen molar-refractivity contribution >= 4 is 47.2 Å². The van der Waals surface area contributed by atoms with E-state index in [1.165, 1.54) is 12.1 Å². The molecule has 0 unspecified atom stereocenters. The highest BCUT2D eigenvalue weighted by molar-refractivity contribution is 6.39. The summed E-state index contributed by atoms with van der Waals surface area (Å²) in [6.45, 7) is 3.32. The van der Waals surface area contributed by atoms with Gasteiger partial charge in [0.2, 0.25) is 0 Å². The Labute approximate surface area is 193 Å². The maximum Gasteiger partial charge on any atom is 0.335 e. The van der Waals surface area contributed by atoms with E-state index in [2.05, 4.69) is 5.32 Å². The number of barbiturate groups is 1. The van der Waals surface area contributed by atoms with Crippen LogP contribution in [-0.4, -0.2) is 28.9 Å². The number of benzene rings is 2. The average molecular weight is 465 g/mol. The van der Waals surface area contributed by atoms with Crippen molar-refractivity contribution in [2.45, 2.75) is 13.8 Å². The molecule has 4 amide bonds. The van der Waals surface area contributed by atoms with Crippen molar-refractivity contribution in [1.29, 1.82) is 0 Å². The van der Waals surface area contributed by atoms with Crippen molar-refractivity contribution in [3.63, 3.8) is 0 Å². The quantitative estimate of drug-likeness (QED) is 0.431. The molecule has 0 atom stereocenters. The number of aromatic carboxylic acids is 1. The number of nitrogens with zero attached hydrogens (tertiary/aromatic N) is 1. The Morgan fingerprint density at radius 3 is 2.48 bits per heavy atom. The number of nitrogens with one attached hydrogen (secondary N) is 1. The molecular weight excluding hydrogens is 448 g/mol. The molecular formula is C24H17ClN2O6. The molecule has 8 nitrogen and oxygen atoms in total. The van der Waals surface area contributed by atoms with Gasteiger partial charge in [-0.2, -0.15) is 0 Å². The van der Waals surface area contributed by atoms with Gasteiger partial charge in [-0.25, -0.2) is 14.5 Å². The molecule has 166 valence electrons. The summed E-state index contributed by atoms with van der Waals surface area (Å²) in [5, 5.41) is 11.8. The Bertz CT molecular complexity index is 1370. The number of carboxylic acids is 1. The number of hydrogen-bond donors (Lipinski definition) is 2. The van der Waals surface area contributed by atoms with E-state index in [0.717, 1.165) is 4.90 Å². The van der Waals surface area contributed by atoms with Gasteiger partial charge in [-0.15, -0.1) is 0 Å². The van der Waals surface area contributed by atoms with Crippen molar-refractivity contribution in [2.75, 3.05) is 4.90 Å². The first kappa shape index (κ1) is 22.0. The third-order valence-electron chi connectivity index (χ3n) is 5.32. The largest absolute Gasteiger partial charge is 0.478 e. The number of furan rings is 1. The zero-order valence-electron chi connectivity index (χ0n) is 17.5. The molecule has 1 aromatic heterocycles. The molecule has 4 rings (SSSR count). The predicted octanol–water partition coefficient (Wildman–Crippen LogP) is 4.58. The van der Waals surface area contributed by atoms with Gasteiger partial charge < -0.3 is 9.52 Å². The van der Waals surface area contributed by atoms with Crippen LogP contribution in [0.15, 0.2) is 58.5 Å². The molecule has 2 aromatic carbocycles. The maximum absolute atomic E-state index is 13.1. The van der Waals surface area contributed by atoms with Crippen LogP contribution in [0.25, 0.3) is 17.4 Å². The fourth-order valence-electron chi connectivity index (χ4n) is 3.57. The Kier molecular flexibility index (Phi) is 5.61. The molecule has 3 aromatic rings. The lowest BCUT2D eigenvalue weighted by Gasteiger charge is -2.27. The zero-order valence-corrected chi connectivity index (χ0v) is 18.3. The third-order valence-corrected chi connectivity index (χ3v) is 5.73. The number of hydrogen-bond acceptors (Lipinski definition) is 5. The summed E-state index contributed by atoms with van der Waals surface area (Å²) in [5.74, 6) is -2.20. The Hall–Kier alpha value is -4.17. The first-order valence-electron chi connectivity index (χ1n) is 9.78. The second kappa shape index (κ2) is 8.40. The topological polar surface area (TPSA) is 117 Å². The van der Waals surface area contributed by atoms with E-state index in [1.807, 2.05) is 0 Å². The van der Waals surface area contributed by atoms with Crippen LogP contribution in [-0.2, 0) is 9.59 Å². The molecule has 1 aliphatic rings. The normalized spacial score (nSPS) is 15.2. The van der Waals surface area contributed by atoms with Crippen LogP contribution in [0.1, 0.15) is 27.2 Å². The molecule has 2 N–H and O–H groups in total. The lowest BCUT2D eigenvalue weighted by atomic mass is 10.0. The number of imide groups is 2. The minimum atomic E-state index is -1.06. The van der Waals surface area contributed by atoms with Gasteiger partial charge in [0.05, 0.1) is 11.3 Å². The van der Waals surface area contributed by atoms with E-state index in [0.29, 0.717) is 27.5 Å². The summed E-state index contributed by atoms with van der Waals surface area (Å²) < 4.78 is 5.77. The first-order chi connectivity index (χ1) is 15.7. The summed E-state index contributed by atoms with van der Waals surface area (Å²) in [7, 11) is 0. The average Bonchev–Trinajstić information content (AvgIpc) is 3.22. The molecule has 1 aliphatic heterocycles.